The van der Waals surface area contributed by atoms with Gasteiger partial charge < -0.3 is 19.7 Å². The number of carbonyl (C=O) groups is 4. The molecule has 11 unspecified atom stereocenters. The topological polar surface area (TPSA) is 188 Å². The molecule has 0 aromatic rings. The number of imide groups is 1. The number of allylic oxidation sites excluding steroid dienone is 1. The number of azide groups is 1. The van der Waals surface area contributed by atoms with Gasteiger partial charge >= 0.3 is 5.97 Å². The number of hydrogen-bond donors (Lipinski definition) is 3. The number of nitrogens with zero attached hydrogens (tertiary/aromatic N) is 3. The van der Waals surface area contributed by atoms with E-state index in [2.05, 4.69) is 22.3 Å². The minimum Gasteiger partial charge on any atom is -0.461 e. The summed E-state index contributed by atoms with van der Waals surface area (Å²) in [5, 5.41) is 29.7. The highest BCUT2D eigenvalue weighted by Crippen LogP contribution is 2.67. The Balaban J connectivity index is 1.17. The molecule has 0 spiro atoms. The number of ether oxygens (including phenoxy) is 2. The van der Waals surface area contributed by atoms with Crippen molar-refractivity contribution >= 4 is 23.6 Å². The molecular weight excluding hydrogens is 556 g/mol. The molecule has 6 aliphatic rings. The van der Waals surface area contributed by atoms with Gasteiger partial charge in [0.05, 0.1) is 24.2 Å². The fourth-order valence-electron chi connectivity index (χ4n) is 9.63. The van der Waals surface area contributed by atoms with Gasteiger partial charge in [-0.15, -0.1) is 0 Å². The van der Waals surface area contributed by atoms with Crippen molar-refractivity contribution in [2.75, 3.05) is 6.61 Å². The first-order valence-electron chi connectivity index (χ1n) is 15.4. The largest absolute Gasteiger partial charge is 0.461 e. The molecule has 1 saturated heterocycles. The third-order valence-electron chi connectivity index (χ3n) is 11.9. The van der Waals surface area contributed by atoms with Gasteiger partial charge in [0.2, 0.25) is 5.91 Å². The third-order valence-corrected chi connectivity index (χ3v) is 11.9. The first-order chi connectivity index (χ1) is 20.3. The van der Waals surface area contributed by atoms with Crippen LogP contribution in [0.15, 0.2) is 28.4 Å². The Kier molecular flexibility index (Phi) is 7.35. The Morgan fingerprint density at radius 1 is 1.23 bits per heavy atom. The van der Waals surface area contributed by atoms with E-state index in [1.807, 2.05) is 6.92 Å². The Morgan fingerprint density at radius 2 is 2.00 bits per heavy atom. The number of aliphatic hydroxyl groups is 2. The predicted molar refractivity (Wildman–Crippen MR) is 151 cm³/mol. The van der Waals surface area contributed by atoms with E-state index in [9.17, 15) is 29.4 Å². The van der Waals surface area contributed by atoms with Gasteiger partial charge in [0.15, 0.2) is 11.4 Å². The predicted octanol–water partition coefficient (Wildman–Crippen LogP) is 2.82. The van der Waals surface area contributed by atoms with Crippen LogP contribution in [-0.4, -0.2) is 70.3 Å². The lowest BCUT2D eigenvalue weighted by molar-refractivity contribution is -0.201. The number of carbonyl (C=O) groups excluding carboxylic acids is 4. The zero-order valence-electron chi connectivity index (χ0n) is 24.8. The minimum atomic E-state index is -1.82. The van der Waals surface area contributed by atoms with E-state index in [1.54, 1.807) is 13.0 Å². The number of esters is 1. The van der Waals surface area contributed by atoms with Crippen LogP contribution < -0.4 is 5.32 Å². The monoisotopic (exact) mass is 596 g/mol. The van der Waals surface area contributed by atoms with Crippen LogP contribution in [0, 0.1) is 34.5 Å². The van der Waals surface area contributed by atoms with Crippen molar-refractivity contribution in [1.29, 1.82) is 0 Å². The normalized spacial score (nSPS) is 45.6. The average Bonchev–Trinajstić information content (AvgIpc) is 3.47. The van der Waals surface area contributed by atoms with E-state index in [0.717, 1.165) is 18.4 Å². The SMILES string of the molecule is CC1=CC(C2CC(N=[N+]=[N-])C(COC(=O)C3(O)CCC4C5CCC6=CC(=O)CCC6(C)C5C(O)CC43C)O2)C(=O)NC1=O. The van der Waals surface area contributed by atoms with Gasteiger partial charge in [0.1, 0.15) is 12.7 Å². The second kappa shape index (κ2) is 10.5. The van der Waals surface area contributed by atoms with Gasteiger partial charge in [-0.3, -0.25) is 19.7 Å². The third kappa shape index (κ3) is 4.56. The molecule has 4 aliphatic carbocycles. The van der Waals surface area contributed by atoms with Crippen molar-refractivity contribution in [2.45, 2.75) is 102 Å². The molecule has 3 N–H and O–H groups in total. The Bertz CT molecular complexity index is 1370. The van der Waals surface area contributed by atoms with Crippen LogP contribution in [0.1, 0.15) is 72.1 Å². The van der Waals surface area contributed by atoms with Crippen LogP contribution in [0.25, 0.3) is 10.4 Å². The molecule has 3 saturated carbocycles. The second-order valence-electron chi connectivity index (χ2n) is 14.0. The van der Waals surface area contributed by atoms with E-state index in [-0.39, 0.29) is 54.8 Å². The van der Waals surface area contributed by atoms with Crippen LogP contribution in [0.2, 0.25) is 0 Å². The molecule has 2 aliphatic heterocycles. The maximum Gasteiger partial charge on any atom is 0.338 e. The average molecular weight is 597 g/mol. The summed E-state index contributed by atoms with van der Waals surface area (Å²) >= 11 is 0. The molecule has 4 fully saturated rings. The van der Waals surface area contributed by atoms with Gasteiger partial charge in [-0.2, -0.15) is 0 Å². The van der Waals surface area contributed by atoms with Crippen molar-refractivity contribution in [2.24, 2.45) is 39.6 Å². The summed E-state index contributed by atoms with van der Waals surface area (Å²) in [7, 11) is 0. The number of amides is 2. The zero-order chi connectivity index (χ0) is 30.9. The van der Waals surface area contributed by atoms with Crippen LogP contribution in [0.5, 0.6) is 0 Å². The van der Waals surface area contributed by atoms with E-state index < -0.39 is 59.1 Å². The highest BCUT2D eigenvalue weighted by Gasteiger charge is 2.69. The van der Waals surface area contributed by atoms with Gasteiger partial charge in [-0.05, 0) is 86.6 Å². The Morgan fingerprint density at radius 3 is 2.74 bits per heavy atom. The second-order valence-corrected chi connectivity index (χ2v) is 14.0. The molecule has 11 atom stereocenters. The van der Waals surface area contributed by atoms with Crippen LogP contribution in [0.3, 0.4) is 0 Å². The molecule has 12 nitrogen and oxygen atoms in total. The molecule has 0 radical (unpaired) electrons. The number of rotatable bonds is 5. The maximum absolute atomic E-state index is 13.7. The van der Waals surface area contributed by atoms with Crippen molar-refractivity contribution in [1.82, 2.24) is 5.32 Å². The lowest BCUT2D eigenvalue weighted by atomic mass is 9.45. The van der Waals surface area contributed by atoms with Crippen molar-refractivity contribution in [3.63, 3.8) is 0 Å². The standard InChI is InChI=1S/C31H40N4O8/c1-15-10-19(27(39)33-26(15)38)23-12-21(34-35-32)24(43-23)14-42-28(40)31(41)9-7-20-18-5-4-16-11-17(36)6-8-29(16,2)25(18)22(37)13-30(20,31)3/h10-11,18-25,37,41H,4-9,12-14H2,1-3H3,(H,33,38,39). The first-order valence-corrected chi connectivity index (χ1v) is 15.4. The molecule has 43 heavy (non-hydrogen) atoms. The van der Waals surface area contributed by atoms with Crippen molar-refractivity contribution < 1.29 is 38.9 Å². The lowest BCUT2D eigenvalue weighted by Crippen LogP contribution is -2.62. The van der Waals surface area contributed by atoms with Crippen molar-refractivity contribution in [3.8, 4) is 0 Å². The molecule has 2 heterocycles. The zero-order valence-corrected chi connectivity index (χ0v) is 24.8. The van der Waals surface area contributed by atoms with E-state index in [1.165, 1.54) is 6.08 Å². The summed E-state index contributed by atoms with van der Waals surface area (Å²) in [4.78, 5) is 53.0. The fraction of sp³-hybridized carbons (Fsp3) is 0.742. The molecule has 6 rings (SSSR count). The van der Waals surface area contributed by atoms with E-state index >= 15 is 0 Å². The number of fused-ring (bicyclic) bond motifs is 5. The van der Waals surface area contributed by atoms with E-state index in [4.69, 9.17) is 15.0 Å². The highest BCUT2D eigenvalue weighted by molar-refractivity contribution is 6.08. The molecule has 0 aromatic heterocycles. The Hall–Kier alpha value is -3.05. The smallest absolute Gasteiger partial charge is 0.338 e. The quantitative estimate of drug-likeness (QED) is 0.142. The number of hydrogen-bond acceptors (Lipinski definition) is 9. The minimum absolute atomic E-state index is 0.0000487. The highest BCUT2D eigenvalue weighted by atomic mass is 16.6. The summed E-state index contributed by atoms with van der Waals surface area (Å²) < 4.78 is 11.7. The van der Waals surface area contributed by atoms with Crippen LogP contribution >= 0.6 is 0 Å². The summed E-state index contributed by atoms with van der Waals surface area (Å²) in [6.45, 7) is 5.34. The van der Waals surface area contributed by atoms with Gasteiger partial charge in [-0.25, -0.2) is 4.79 Å². The Labute approximate surface area is 249 Å². The van der Waals surface area contributed by atoms with Gasteiger partial charge in [0.25, 0.3) is 5.91 Å². The van der Waals surface area contributed by atoms with Gasteiger partial charge in [-0.1, -0.05) is 30.6 Å². The van der Waals surface area contributed by atoms with Crippen LogP contribution in [-0.2, 0) is 28.7 Å². The number of nitrogens with one attached hydrogen (secondary N) is 1. The van der Waals surface area contributed by atoms with Crippen molar-refractivity contribution in [3.05, 3.63) is 33.7 Å². The summed E-state index contributed by atoms with van der Waals surface area (Å²) in [6, 6.07) is -0.714. The number of ketones is 1. The molecule has 232 valence electrons. The molecule has 0 aromatic carbocycles. The molecule has 2 amide bonds. The fourth-order valence-corrected chi connectivity index (χ4v) is 9.63. The summed E-state index contributed by atoms with van der Waals surface area (Å²) in [5.41, 5.74) is 7.61. The summed E-state index contributed by atoms with van der Waals surface area (Å²) in [6.07, 6.45) is 5.04. The van der Waals surface area contributed by atoms with Gasteiger partial charge in [0, 0.05) is 22.3 Å². The molecular formula is C31H40N4O8. The van der Waals surface area contributed by atoms with E-state index in [0.29, 0.717) is 24.8 Å². The lowest BCUT2D eigenvalue weighted by Gasteiger charge is -2.60. The maximum atomic E-state index is 13.7. The molecule has 0 bridgehead atoms. The summed E-state index contributed by atoms with van der Waals surface area (Å²) in [5.74, 6) is -2.34. The first kappa shape index (κ1) is 30.0. The van der Waals surface area contributed by atoms with Crippen LogP contribution in [0.4, 0.5) is 0 Å². The number of aliphatic hydroxyl groups excluding tert-OH is 1. The molecule has 12 heteroatoms.